The number of hydrogen-bond acceptors (Lipinski definition) is 7. The number of amides is 2. The van der Waals surface area contributed by atoms with Crippen LogP contribution in [0.3, 0.4) is 0 Å². The number of sulfonamides is 1. The Hall–Kier alpha value is -2.37. The van der Waals surface area contributed by atoms with Crippen molar-refractivity contribution in [3.8, 4) is 0 Å². The van der Waals surface area contributed by atoms with E-state index in [1.165, 1.54) is 23.4 Å². The van der Waals surface area contributed by atoms with Crippen molar-refractivity contribution in [2.24, 2.45) is 10.7 Å². The summed E-state index contributed by atoms with van der Waals surface area (Å²) in [6.07, 6.45) is 8.30. The van der Waals surface area contributed by atoms with Gasteiger partial charge in [-0.05, 0) is 94.5 Å². The fourth-order valence-corrected chi connectivity index (χ4v) is 5.68. The number of rotatable bonds is 7. The van der Waals surface area contributed by atoms with Crippen LogP contribution in [-0.4, -0.2) is 45.5 Å². The number of allylic oxidation sites excluding steroid dienone is 1. The molecule has 1 aromatic rings. The number of carbonyl (C=O) groups excluding carboxylic acids is 1. The largest absolute Gasteiger partial charge is 0.465 e. The molecule has 1 aliphatic heterocycles. The molecule has 2 amide bonds. The Morgan fingerprint density at radius 3 is 2.19 bits per heavy atom. The first kappa shape index (κ1) is 27.7. The SMILES string of the molecule is CC(C)(CN=C/C=C(\N)S(=O)(=O)NC(=O)Nc1c2c(cc3c1CCC3)CCC2)B1OC(C)(C)C(C)(C)O1.[HH].[HH]. The van der Waals surface area contributed by atoms with Crippen molar-refractivity contribution in [1.82, 2.24) is 4.72 Å². The Bertz CT molecular complexity index is 1220. The van der Waals surface area contributed by atoms with Gasteiger partial charge in [0.05, 0.1) is 11.2 Å². The normalized spacial score (nSPS) is 20.8. The summed E-state index contributed by atoms with van der Waals surface area (Å²) in [4.78, 5) is 17.0. The zero-order chi connectivity index (χ0) is 27.2. The number of anilines is 1. The predicted octanol–water partition coefficient (Wildman–Crippen LogP) is 4.35. The average Bonchev–Trinajstić information content (AvgIpc) is 3.48. The summed E-state index contributed by atoms with van der Waals surface area (Å²) in [6.45, 7) is 12.2. The van der Waals surface area contributed by atoms with Gasteiger partial charge in [0.15, 0.2) is 0 Å². The van der Waals surface area contributed by atoms with Gasteiger partial charge in [-0.1, -0.05) is 19.9 Å². The molecular weight excluding hydrogens is 491 g/mol. The number of carbonyl (C=O) groups is 1. The third-order valence-corrected chi connectivity index (χ3v) is 9.19. The summed E-state index contributed by atoms with van der Waals surface area (Å²) in [7, 11) is -4.70. The summed E-state index contributed by atoms with van der Waals surface area (Å²) in [5.74, 6) is 0. The number of hydrogen-bond donors (Lipinski definition) is 3. The van der Waals surface area contributed by atoms with Gasteiger partial charge in [-0.3, -0.25) is 4.99 Å². The minimum absolute atomic E-state index is 0. The average molecular weight is 535 g/mol. The lowest BCUT2D eigenvalue weighted by Crippen LogP contribution is -2.41. The molecule has 4 rings (SSSR count). The molecule has 1 fully saturated rings. The summed E-state index contributed by atoms with van der Waals surface area (Å²) >= 11 is 0. The maximum absolute atomic E-state index is 12.7. The third kappa shape index (κ3) is 5.58. The highest BCUT2D eigenvalue weighted by molar-refractivity contribution is 7.93. The number of nitrogens with zero attached hydrogens (tertiary/aromatic N) is 1. The number of aliphatic imine (C=N–C) groups is 1. The maximum Gasteiger partial charge on any atom is 0.465 e. The lowest BCUT2D eigenvalue weighted by Gasteiger charge is -2.32. The molecule has 4 N–H and O–H groups in total. The van der Waals surface area contributed by atoms with Crippen LogP contribution in [0, 0.1) is 0 Å². The Kier molecular flexibility index (Phi) is 7.28. The van der Waals surface area contributed by atoms with Gasteiger partial charge in [0.2, 0.25) is 0 Å². The van der Waals surface area contributed by atoms with Crippen LogP contribution in [0.5, 0.6) is 0 Å². The molecule has 0 aromatic heterocycles. The lowest BCUT2D eigenvalue weighted by molar-refractivity contribution is 0.00578. The van der Waals surface area contributed by atoms with Crippen LogP contribution in [0.4, 0.5) is 10.5 Å². The van der Waals surface area contributed by atoms with E-state index in [1.54, 1.807) is 0 Å². The monoisotopic (exact) mass is 534 g/mol. The van der Waals surface area contributed by atoms with Crippen LogP contribution in [-0.2, 0) is 45.0 Å². The molecule has 206 valence electrons. The minimum Gasteiger partial charge on any atom is -0.403 e. The van der Waals surface area contributed by atoms with Gasteiger partial charge in [-0.2, -0.15) is 8.42 Å². The second kappa shape index (κ2) is 9.74. The minimum atomic E-state index is -4.23. The van der Waals surface area contributed by atoms with Crippen molar-refractivity contribution in [2.45, 2.75) is 96.6 Å². The zero-order valence-corrected chi connectivity index (χ0v) is 23.5. The topological polar surface area (TPSA) is 132 Å². The summed E-state index contributed by atoms with van der Waals surface area (Å²) in [5, 5.41) is 1.85. The molecule has 11 heteroatoms. The quantitative estimate of drug-likeness (QED) is 0.352. The number of nitrogens with one attached hydrogen (secondary N) is 2. The molecule has 3 aliphatic rings. The molecule has 0 radical (unpaired) electrons. The number of nitrogens with two attached hydrogens (primary N) is 1. The highest BCUT2D eigenvalue weighted by Gasteiger charge is 2.56. The van der Waals surface area contributed by atoms with E-state index in [1.807, 2.05) is 46.3 Å². The van der Waals surface area contributed by atoms with Crippen LogP contribution >= 0.6 is 0 Å². The van der Waals surface area contributed by atoms with Crippen molar-refractivity contribution in [2.75, 3.05) is 11.9 Å². The first-order chi connectivity index (χ1) is 17.1. The van der Waals surface area contributed by atoms with Gasteiger partial charge in [0, 0.05) is 26.6 Å². The highest BCUT2D eigenvalue weighted by Crippen LogP contribution is 2.45. The van der Waals surface area contributed by atoms with Gasteiger partial charge in [-0.25, -0.2) is 9.52 Å². The second-order valence-corrected chi connectivity index (χ2v) is 13.6. The standard InChI is InChI=1S/C26H39BN4O5S.2H2/c1-24(2,27-35-25(3,4)26(5,6)36-27)16-29-14-13-21(28)37(33,34)31-23(32)30-22-19-11-7-9-17(19)15-18-10-8-12-20(18)22;;/h13-15H,7-12,16,28H2,1-6H3,(H2,30,31,32);2*1H/b21-13+,29-14?;;. The van der Waals surface area contributed by atoms with E-state index >= 15 is 0 Å². The smallest absolute Gasteiger partial charge is 0.403 e. The first-order valence-electron chi connectivity index (χ1n) is 12.9. The number of benzene rings is 1. The first-order valence-corrected chi connectivity index (χ1v) is 14.4. The lowest BCUT2D eigenvalue weighted by atomic mass is 9.60. The van der Waals surface area contributed by atoms with E-state index in [9.17, 15) is 13.2 Å². The van der Waals surface area contributed by atoms with Crippen molar-refractivity contribution < 1.29 is 25.4 Å². The van der Waals surface area contributed by atoms with E-state index in [0.29, 0.717) is 6.54 Å². The van der Waals surface area contributed by atoms with Gasteiger partial charge in [0.1, 0.15) is 5.03 Å². The molecule has 1 aromatic carbocycles. The summed E-state index contributed by atoms with van der Waals surface area (Å²) < 4.78 is 39.6. The van der Waals surface area contributed by atoms with Gasteiger partial charge >= 0.3 is 13.1 Å². The molecule has 0 spiro atoms. The van der Waals surface area contributed by atoms with Crippen LogP contribution in [0.2, 0.25) is 5.31 Å². The molecule has 0 bridgehead atoms. The van der Waals surface area contributed by atoms with Crippen LogP contribution in [0.15, 0.2) is 22.2 Å². The van der Waals surface area contributed by atoms with Crippen molar-refractivity contribution in [3.63, 3.8) is 0 Å². The molecule has 9 nitrogen and oxygen atoms in total. The maximum atomic E-state index is 12.7. The fraction of sp³-hybridized carbons (Fsp3) is 0.615. The van der Waals surface area contributed by atoms with Crippen LogP contribution in [0.25, 0.3) is 0 Å². The van der Waals surface area contributed by atoms with Crippen LogP contribution < -0.4 is 15.8 Å². The van der Waals surface area contributed by atoms with Gasteiger partial charge < -0.3 is 20.4 Å². The van der Waals surface area contributed by atoms with Crippen molar-refractivity contribution in [3.05, 3.63) is 39.4 Å². The van der Waals surface area contributed by atoms with E-state index in [-0.39, 0.29) is 2.85 Å². The van der Waals surface area contributed by atoms with Crippen molar-refractivity contribution in [1.29, 1.82) is 0 Å². The molecule has 37 heavy (non-hydrogen) atoms. The fourth-order valence-electron chi connectivity index (χ4n) is 5.03. The molecule has 1 saturated heterocycles. The van der Waals surface area contributed by atoms with E-state index < -0.39 is 44.7 Å². The second-order valence-electron chi connectivity index (χ2n) is 11.9. The highest BCUT2D eigenvalue weighted by atomic mass is 32.2. The molecule has 0 saturated carbocycles. The van der Waals surface area contributed by atoms with Crippen LogP contribution in [0.1, 0.15) is 79.5 Å². The van der Waals surface area contributed by atoms with E-state index in [4.69, 9.17) is 15.0 Å². The number of aryl methyl sites for hydroxylation is 2. The summed E-state index contributed by atoms with van der Waals surface area (Å²) in [5.41, 5.74) is 10.4. The zero-order valence-electron chi connectivity index (χ0n) is 22.7. The molecule has 2 aliphatic carbocycles. The Morgan fingerprint density at radius 2 is 1.65 bits per heavy atom. The number of fused-ring (bicyclic) bond motifs is 2. The Morgan fingerprint density at radius 1 is 1.11 bits per heavy atom. The number of urea groups is 1. The molecule has 0 atom stereocenters. The third-order valence-electron chi connectivity index (χ3n) is 7.98. The molecule has 1 heterocycles. The molecule has 0 unspecified atom stereocenters. The molecular formula is C26H43BN4O5S. The predicted molar refractivity (Wildman–Crippen MR) is 152 cm³/mol. The van der Waals surface area contributed by atoms with Gasteiger partial charge in [0.25, 0.3) is 10.0 Å². The van der Waals surface area contributed by atoms with E-state index in [2.05, 4.69) is 16.4 Å². The Labute approximate surface area is 223 Å². The summed E-state index contributed by atoms with van der Waals surface area (Å²) in [6, 6.07) is 1.43. The van der Waals surface area contributed by atoms with Crippen molar-refractivity contribution >= 4 is 35.1 Å². The van der Waals surface area contributed by atoms with E-state index in [0.717, 1.165) is 55.3 Å². The Balaban J connectivity index is 0.00000267. The van der Waals surface area contributed by atoms with Gasteiger partial charge in [-0.15, -0.1) is 0 Å².